The van der Waals surface area contributed by atoms with Crippen molar-refractivity contribution >= 4 is 23.2 Å². The lowest BCUT2D eigenvalue weighted by Gasteiger charge is -2.35. The Balaban J connectivity index is 1.67. The monoisotopic (exact) mass is 407 g/mol. The van der Waals surface area contributed by atoms with Crippen LogP contribution in [0.2, 0.25) is 0 Å². The molecule has 0 saturated heterocycles. The van der Waals surface area contributed by atoms with Crippen molar-refractivity contribution in [2.45, 2.75) is 25.3 Å². The summed E-state index contributed by atoms with van der Waals surface area (Å²) in [4.78, 5) is 28.8. The van der Waals surface area contributed by atoms with Gasteiger partial charge in [0.1, 0.15) is 11.5 Å². The second kappa shape index (κ2) is 8.10. The largest absolute Gasteiger partial charge is 0.497 e. The van der Waals surface area contributed by atoms with Gasteiger partial charge in [-0.05, 0) is 66.3 Å². The number of primary amides is 1. The van der Waals surface area contributed by atoms with Crippen LogP contribution in [0.4, 0.5) is 0 Å². The molecule has 7 nitrogen and oxygen atoms in total. The minimum atomic E-state index is -0.541. The van der Waals surface area contributed by atoms with Crippen molar-refractivity contribution in [3.05, 3.63) is 58.8 Å². The Kier molecular flexibility index (Phi) is 5.35. The van der Waals surface area contributed by atoms with Gasteiger partial charge in [0.15, 0.2) is 0 Å². The van der Waals surface area contributed by atoms with Crippen LogP contribution in [0, 0.1) is 0 Å². The molecule has 0 unspecified atom stereocenters. The SMILES string of the molecule is COc1ccc2[nH]cc(CC[C@H]3c4cc(C(N)=O)c(OC)cc4CCN3C=O)c2c1. The zero-order valence-electron chi connectivity index (χ0n) is 17.1. The molecule has 2 amide bonds. The Morgan fingerprint density at radius 1 is 1.27 bits per heavy atom. The number of nitrogens with two attached hydrogens (primary N) is 1. The number of H-pyrrole nitrogens is 1. The Morgan fingerprint density at radius 3 is 2.80 bits per heavy atom. The van der Waals surface area contributed by atoms with Gasteiger partial charge < -0.3 is 25.1 Å². The fourth-order valence-corrected chi connectivity index (χ4v) is 4.34. The zero-order valence-corrected chi connectivity index (χ0v) is 17.1. The average Bonchev–Trinajstić information content (AvgIpc) is 3.18. The van der Waals surface area contributed by atoms with Crippen LogP contribution in [0.1, 0.15) is 39.5 Å². The van der Waals surface area contributed by atoms with Gasteiger partial charge in [0, 0.05) is 23.6 Å². The molecule has 2 aromatic carbocycles. The first kappa shape index (κ1) is 19.8. The van der Waals surface area contributed by atoms with Gasteiger partial charge in [-0.25, -0.2) is 0 Å². The topological polar surface area (TPSA) is 97.7 Å². The van der Waals surface area contributed by atoms with Crippen molar-refractivity contribution in [3.8, 4) is 11.5 Å². The molecule has 1 aliphatic heterocycles. The predicted octanol–water partition coefficient (Wildman–Crippen LogP) is 2.97. The fraction of sp³-hybridized carbons (Fsp3) is 0.304. The molecule has 3 N–H and O–H groups in total. The van der Waals surface area contributed by atoms with E-state index >= 15 is 0 Å². The lowest BCUT2D eigenvalue weighted by atomic mass is 9.87. The summed E-state index contributed by atoms with van der Waals surface area (Å²) in [7, 11) is 3.18. The van der Waals surface area contributed by atoms with Gasteiger partial charge >= 0.3 is 0 Å². The molecule has 0 bridgehead atoms. The maximum absolute atomic E-state index is 11.9. The van der Waals surface area contributed by atoms with Crippen molar-refractivity contribution in [3.63, 3.8) is 0 Å². The van der Waals surface area contributed by atoms with Crippen LogP contribution in [0.25, 0.3) is 10.9 Å². The number of nitrogens with zero attached hydrogens (tertiary/aromatic N) is 1. The summed E-state index contributed by atoms with van der Waals surface area (Å²) < 4.78 is 10.7. The second-order valence-electron chi connectivity index (χ2n) is 7.49. The van der Waals surface area contributed by atoms with E-state index < -0.39 is 5.91 Å². The molecule has 30 heavy (non-hydrogen) atoms. The highest BCUT2D eigenvalue weighted by Crippen LogP contribution is 2.37. The molecule has 3 aromatic rings. The Labute approximate surface area is 174 Å². The molecule has 2 heterocycles. The zero-order chi connectivity index (χ0) is 21.3. The van der Waals surface area contributed by atoms with Gasteiger partial charge in [0.25, 0.3) is 5.91 Å². The summed E-state index contributed by atoms with van der Waals surface area (Å²) in [6.45, 7) is 0.627. The van der Waals surface area contributed by atoms with E-state index in [9.17, 15) is 9.59 Å². The van der Waals surface area contributed by atoms with Crippen molar-refractivity contribution < 1.29 is 19.1 Å². The van der Waals surface area contributed by atoms with E-state index in [4.69, 9.17) is 15.2 Å². The molecular formula is C23H25N3O4. The molecule has 1 atom stereocenters. The maximum atomic E-state index is 11.9. The molecule has 1 aromatic heterocycles. The van der Waals surface area contributed by atoms with Crippen molar-refractivity contribution in [1.29, 1.82) is 0 Å². The molecular weight excluding hydrogens is 382 g/mol. The Hall–Kier alpha value is -3.48. The number of rotatable bonds is 7. The number of carbonyl (C=O) groups excluding carboxylic acids is 2. The van der Waals surface area contributed by atoms with Crippen LogP contribution >= 0.6 is 0 Å². The third-order valence-electron chi connectivity index (χ3n) is 5.92. The van der Waals surface area contributed by atoms with Crippen LogP contribution in [-0.2, 0) is 17.6 Å². The van der Waals surface area contributed by atoms with Gasteiger partial charge in [0.05, 0.1) is 25.8 Å². The first-order valence-electron chi connectivity index (χ1n) is 9.91. The third-order valence-corrected chi connectivity index (χ3v) is 5.92. The number of aromatic amines is 1. The van der Waals surface area contributed by atoms with Crippen LogP contribution < -0.4 is 15.2 Å². The second-order valence-corrected chi connectivity index (χ2v) is 7.49. The Morgan fingerprint density at radius 2 is 2.10 bits per heavy atom. The first-order valence-corrected chi connectivity index (χ1v) is 9.91. The number of aryl methyl sites for hydroxylation is 1. The van der Waals surface area contributed by atoms with Gasteiger partial charge in [-0.1, -0.05) is 0 Å². The number of aromatic nitrogens is 1. The van der Waals surface area contributed by atoms with E-state index in [-0.39, 0.29) is 6.04 Å². The smallest absolute Gasteiger partial charge is 0.252 e. The lowest BCUT2D eigenvalue weighted by molar-refractivity contribution is -0.120. The number of hydrogen-bond donors (Lipinski definition) is 2. The predicted molar refractivity (Wildman–Crippen MR) is 114 cm³/mol. The number of benzene rings is 2. The fourth-order valence-electron chi connectivity index (χ4n) is 4.34. The highest BCUT2D eigenvalue weighted by atomic mass is 16.5. The minimum Gasteiger partial charge on any atom is -0.497 e. The van der Waals surface area contributed by atoms with Gasteiger partial charge in [-0.2, -0.15) is 0 Å². The number of ether oxygens (including phenoxy) is 2. The van der Waals surface area contributed by atoms with Crippen molar-refractivity contribution in [2.24, 2.45) is 5.73 Å². The normalized spacial score (nSPS) is 15.7. The third kappa shape index (κ3) is 3.47. The summed E-state index contributed by atoms with van der Waals surface area (Å²) >= 11 is 0. The van der Waals surface area contributed by atoms with Crippen molar-refractivity contribution in [1.82, 2.24) is 9.88 Å². The average molecular weight is 407 g/mol. The minimum absolute atomic E-state index is 0.134. The van der Waals surface area contributed by atoms with Crippen LogP contribution in [0.5, 0.6) is 11.5 Å². The number of amides is 2. The molecule has 1 aliphatic rings. The van der Waals surface area contributed by atoms with Gasteiger partial charge in [-0.3, -0.25) is 9.59 Å². The molecule has 4 rings (SSSR count). The number of nitrogens with one attached hydrogen (secondary N) is 1. The van der Waals surface area contributed by atoms with Crippen LogP contribution in [0.15, 0.2) is 36.5 Å². The first-order chi connectivity index (χ1) is 14.5. The van der Waals surface area contributed by atoms with Gasteiger partial charge in [0.2, 0.25) is 6.41 Å². The summed E-state index contributed by atoms with van der Waals surface area (Å²) in [5.74, 6) is 0.739. The number of fused-ring (bicyclic) bond motifs is 2. The lowest BCUT2D eigenvalue weighted by Crippen LogP contribution is -2.35. The summed E-state index contributed by atoms with van der Waals surface area (Å²) in [5.41, 5.74) is 10.1. The number of carbonyl (C=O) groups is 2. The number of hydrogen-bond acceptors (Lipinski definition) is 4. The Bertz CT molecular complexity index is 1110. The summed E-state index contributed by atoms with van der Waals surface area (Å²) in [6, 6.07) is 9.47. The summed E-state index contributed by atoms with van der Waals surface area (Å²) in [6.07, 6.45) is 5.09. The maximum Gasteiger partial charge on any atom is 0.252 e. The van der Waals surface area contributed by atoms with Crippen LogP contribution in [-0.4, -0.2) is 43.0 Å². The van der Waals surface area contributed by atoms with E-state index in [1.54, 1.807) is 18.1 Å². The van der Waals surface area contributed by atoms with Crippen molar-refractivity contribution in [2.75, 3.05) is 20.8 Å². The highest BCUT2D eigenvalue weighted by Gasteiger charge is 2.28. The summed E-state index contributed by atoms with van der Waals surface area (Å²) in [5, 5.41) is 1.11. The van der Waals surface area contributed by atoms with E-state index in [0.717, 1.165) is 52.6 Å². The van der Waals surface area contributed by atoms with E-state index in [0.29, 0.717) is 24.3 Å². The quantitative estimate of drug-likeness (QED) is 0.589. The molecule has 156 valence electrons. The van der Waals surface area contributed by atoms with E-state index in [2.05, 4.69) is 4.98 Å². The molecule has 0 saturated carbocycles. The number of methoxy groups -OCH3 is 2. The van der Waals surface area contributed by atoms with Gasteiger partial charge in [-0.15, -0.1) is 0 Å². The molecule has 0 fully saturated rings. The molecule has 0 radical (unpaired) electrons. The molecule has 7 heteroatoms. The highest BCUT2D eigenvalue weighted by molar-refractivity contribution is 5.96. The van der Waals surface area contributed by atoms with E-state index in [1.165, 1.54) is 7.11 Å². The standard InChI is InChI=1S/C23H25N3O4/c1-29-16-4-5-20-17(10-16)15(12-25-20)3-6-21-18-11-19(23(24)28)22(30-2)9-14(18)7-8-26(21)13-27/h4-5,9-13,21,25H,3,6-8H2,1-2H3,(H2,24,28)/t21-/m0/s1. The molecule has 0 spiro atoms. The van der Waals surface area contributed by atoms with Crippen LogP contribution in [0.3, 0.4) is 0 Å². The molecule has 0 aliphatic carbocycles. The van der Waals surface area contributed by atoms with E-state index in [1.807, 2.05) is 30.5 Å².